The van der Waals surface area contributed by atoms with Crippen molar-refractivity contribution in [3.63, 3.8) is 0 Å². The lowest BCUT2D eigenvalue weighted by Crippen LogP contribution is -2.66. The summed E-state index contributed by atoms with van der Waals surface area (Å²) in [6.07, 6.45) is 2.83. The van der Waals surface area contributed by atoms with Crippen molar-refractivity contribution < 1.29 is 39.5 Å². The van der Waals surface area contributed by atoms with Crippen LogP contribution in [0.1, 0.15) is 80.6 Å². The van der Waals surface area contributed by atoms with Crippen LogP contribution in [-0.2, 0) is 19.1 Å². The second kappa shape index (κ2) is 7.87. The summed E-state index contributed by atoms with van der Waals surface area (Å²) in [5.41, 5.74) is -4.68. The van der Waals surface area contributed by atoms with E-state index in [9.17, 15) is 34.8 Å². The molecule has 4 N–H and O–H groups in total. The van der Waals surface area contributed by atoms with Gasteiger partial charge in [0.25, 0.3) is 0 Å². The SMILES string of the molecule is C[C@@H](CC(=O)C[C@](C)(O)C1=CC(=O)[C@]2(C)[C@]1(C)[C@@H](O)C=C1[C@@]3(C)CC[C@H](O)C(C)(C)[C@@H]3C[C@H]3O[C@@]132)C(=O)O. The highest BCUT2D eigenvalue weighted by molar-refractivity contribution is 6.03. The molecule has 4 aliphatic carbocycles. The highest BCUT2D eigenvalue weighted by Crippen LogP contribution is 2.78. The van der Waals surface area contributed by atoms with Crippen molar-refractivity contribution in [3.05, 3.63) is 23.3 Å². The summed E-state index contributed by atoms with van der Waals surface area (Å²) in [4.78, 5) is 38.0. The Morgan fingerprint density at radius 2 is 1.82 bits per heavy atom. The van der Waals surface area contributed by atoms with Gasteiger partial charge in [-0.05, 0) is 67.1 Å². The number of allylic oxidation sites excluding steroid dienone is 1. The number of aliphatic hydroxyl groups is 3. The number of ketones is 2. The molecule has 10 atom stereocenters. The number of hydrogen-bond donors (Lipinski definition) is 4. The second-order valence-electron chi connectivity index (χ2n) is 14.1. The Bertz CT molecular complexity index is 1180. The number of hydrogen-bond acceptors (Lipinski definition) is 7. The molecular formula is C30H42O8. The van der Waals surface area contributed by atoms with Crippen LogP contribution in [0.15, 0.2) is 23.3 Å². The van der Waals surface area contributed by atoms with Gasteiger partial charge < -0.3 is 25.2 Å². The number of carboxylic acids is 1. The van der Waals surface area contributed by atoms with E-state index in [4.69, 9.17) is 4.74 Å². The van der Waals surface area contributed by atoms with E-state index in [1.807, 2.05) is 13.0 Å². The van der Waals surface area contributed by atoms with Crippen molar-refractivity contribution in [1.29, 1.82) is 0 Å². The maximum absolute atomic E-state index is 14.0. The molecule has 2 saturated carbocycles. The van der Waals surface area contributed by atoms with Crippen molar-refractivity contribution in [2.75, 3.05) is 0 Å². The summed E-state index contributed by atoms with van der Waals surface area (Å²) < 4.78 is 6.55. The standard InChI is InChI=1S/C30H42O8/c1-15(24(35)36)10-16(31)14-27(5,37)19-12-22(34)29(7)28(19,6)21(33)11-18-26(4)9-8-20(32)25(2,3)17(26)13-23-30(18,29)38-23/h11-12,15,17,20-21,23,32-33,37H,8-10,13-14H2,1-7H3,(H,35,36)/t15-,17-,20-,21-,23+,26-,27-,28-,29+,30-/m0/s1. The molecule has 8 nitrogen and oxygen atoms in total. The number of aliphatic hydroxyl groups excluding tert-OH is 2. The summed E-state index contributed by atoms with van der Waals surface area (Å²) >= 11 is 0. The predicted molar refractivity (Wildman–Crippen MR) is 138 cm³/mol. The lowest BCUT2D eigenvalue weighted by atomic mass is 9.40. The first-order valence-corrected chi connectivity index (χ1v) is 13.8. The second-order valence-corrected chi connectivity index (χ2v) is 14.1. The van der Waals surface area contributed by atoms with E-state index in [0.717, 1.165) is 5.57 Å². The highest BCUT2D eigenvalue weighted by Gasteiger charge is 2.85. The highest BCUT2D eigenvalue weighted by atomic mass is 16.6. The van der Waals surface area contributed by atoms with Crippen LogP contribution in [0.2, 0.25) is 0 Å². The van der Waals surface area contributed by atoms with Gasteiger partial charge in [0.15, 0.2) is 5.78 Å². The zero-order chi connectivity index (χ0) is 28.4. The molecule has 1 spiro atoms. The molecule has 0 unspecified atom stereocenters. The molecule has 5 rings (SSSR count). The predicted octanol–water partition coefficient (Wildman–Crippen LogP) is 2.97. The van der Waals surface area contributed by atoms with Crippen molar-refractivity contribution in [3.8, 4) is 0 Å². The van der Waals surface area contributed by atoms with Crippen molar-refractivity contribution in [1.82, 2.24) is 0 Å². The van der Waals surface area contributed by atoms with Gasteiger partial charge in [-0.2, -0.15) is 0 Å². The van der Waals surface area contributed by atoms with Crippen LogP contribution in [0.3, 0.4) is 0 Å². The fourth-order valence-electron chi connectivity index (χ4n) is 9.22. The Kier molecular flexibility index (Phi) is 5.73. The minimum absolute atomic E-state index is 0.103. The van der Waals surface area contributed by atoms with E-state index >= 15 is 0 Å². The van der Waals surface area contributed by atoms with Gasteiger partial charge in [-0.1, -0.05) is 40.7 Å². The summed E-state index contributed by atoms with van der Waals surface area (Å²) in [6, 6.07) is 0. The lowest BCUT2D eigenvalue weighted by molar-refractivity contribution is -0.146. The number of ether oxygens (including phenoxy) is 1. The van der Waals surface area contributed by atoms with Crippen LogP contribution in [0.5, 0.6) is 0 Å². The Labute approximate surface area is 224 Å². The Morgan fingerprint density at radius 3 is 2.42 bits per heavy atom. The third-order valence-corrected chi connectivity index (χ3v) is 11.8. The third kappa shape index (κ3) is 3.09. The molecule has 1 saturated heterocycles. The molecule has 5 aliphatic rings. The van der Waals surface area contributed by atoms with E-state index in [2.05, 4.69) is 20.8 Å². The fourth-order valence-corrected chi connectivity index (χ4v) is 9.22. The largest absolute Gasteiger partial charge is 0.481 e. The molecule has 0 radical (unpaired) electrons. The molecule has 0 aromatic carbocycles. The summed E-state index contributed by atoms with van der Waals surface area (Å²) in [6.45, 7) is 12.8. The first-order chi connectivity index (χ1) is 17.3. The topological polar surface area (TPSA) is 145 Å². The number of fused-ring (bicyclic) bond motifs is 3. The molecule has 1 aliphatic heterocycles. The molecule has 0 bridgehead atoms. The molecule has 0 aromatic rings. The monoisotopic (exact) mass is 530 g/mol. The van der Waals surface area contributed by atoms with Gasteiger partial charge in [0.2, 0.25) is 0 Å². The zero-order valence-electron chi connectivity index (χ0n) is 23.5. The number of aliphatic carboxylic acids is 1. The van der Waals surface area contributed by atoms with Crippen LogP contribution in [0.4, 0.5) is 0 Å². The van der Waals surface area contributed by atoms with Crippen LogP contribution < -0.4 is 0 Å². The molecule has 38 heavy (non-hydrogen) atoms. The third-order valence-electron chi connectivity index (χ3n) is 11.8. The summed E-state index contributed by atoms with van der Waals surface area (Å²) in [5, 5.41) is 43.5. The maximum Gasteiger partial charge on any atom is 0.306 e. The molecule has 0 amide bonds. The van der Waals surface area contributed by atoms with E-state index in [1.54, 1.807) is 6.92 Å². The number of rotatable bonds is 6. The van der Waals surface area contributed by atoms with Gasteiger partial charge >= 0.3 is 5.97 Å². The van der Waals surface area contributed by atoms with Crippen LogP contribution >= 0.6 is 0 Å². The Hall–Kier alpha value is -1.87. The Balaban J connectivity index is 1.56. The molecule has 210 valence electrons. The number of carbonyl (C=O) groups is 3. The number of carboxylic acid groups (broad SMARTS) is 1. The van der Waals surface area contributed by atoms with E-state index in [0.29, 0.717) is 19.3 Å². The van der Waals surface area contributed by atoms with Gasteiger partial charge in [-0.15, -0.1) is 0 Å². The molecular weight excluding hydrogens is 488 g/mol. The molecule has 0 aromatic heterocycles. The Morgan fingerprint density at radius 1 is 1.18 bits per heavy atom. The van der Waals surface area contributed by atoms with Gasteiger partial charge in [-0.3, -0.25) is 14.4 Å². The van der Waals surface area contributed by atoms with Crippen LogP contribution in [0.25, 0.3) is 0 Å². The zero-order valence-corrected chi connectivity index (χ0v) is 23.5. The van der Waals surface area contributed by atoms with Crippen molar-refractivity contribution in [2.45, 2.75) is 110 Å². The van der Waals surface area contributed by atoms with E-state index in [1.165, 1.54) is 19.9 Å². The maximum atomic E-state index is 14.0. The first-order valence-electron chi connectivity index (χ1n) is 13.8. The van der Waals surface area contributed by atoms with Gasteiger partial charge in [0.05, 0.1) is 35.2 Å². The summed E-state index contributed by atoms with van der Waals surface area (Å²) in [5.74, 6) is -2.55. The van der Waals surface area contributed by atoms with E-state index in [-0.39, 0.29) is 47.0 Å². The molecule has 8 heteroatoms. The number of epoxide rings is 1. The van der Waals surface area contributed by atoms with E-state index < -0.39 is 51.9 Å². The number of Topliss-reactive ketones (excluding diaryl/α,β-unsaturated/α-hetero) is 1. The first kappa shape index (κ1) is 27.7. The summed E-state index contributed by atoms with van der Waals surface area (Å²) in [7, 11) is 0. The normalized spacial score (nSPS) is 46.8. The number of carbonyl (C=O) groups excluding carboxylic acids is 2. The lowest BCUT2D eigenvalue weighted by Gasteiger charge is -2.62. The van der Waals surface area contributed by atoms with Gasteiger partial charge in [-0.25, -0.2) is 0 Å². The van der Waals surface area contributed by atoms with Gasteiger partial charge in [0, 0.05) is 18.3 Å². The van der Waals surface area contributed by atoms with Crippen molar-refractivity contribution in [2.24, 2.45) is 33.5 Å². The molecule has 3 fully saturated rings. The smallest absolute Gasteiger partial charge is 0.306 e. The minimum Gasteiger partial charge on any atom is -0.481 e. The van der Waals surface area contributed by atoms with Crippen molar-refractivity contribution >= 4 is 17.5 Å². The van der Waals surface area contributed by atoms with Gasteiger partial charge in [0.1, 0.15) is 11.4 Å². The average molecular weight is 531 g/mol. The van der Waals surface area contributed by atoms with Crippen LogP contribution in [0, 0.1) is 33.5 Å². The minimum atomic E-state index is -1.76. The average Bonchev–Trinajstić information content (AvgIpc) is 3.48. The quantitative estimate of drug-likeness (QED) is 0.303. The molecule has 1 heterocycles. The fraction of sp³-hybridized carbons (Fsp3) is 0.767. The van der Waals surface area contributed by atoms with Crippen LogP contribution in [-0.4, -0.2) is 67.5 Å².